The summed E-state index contributed by atoms with van der Waals surface area (Å²) in [5.74, 6) is -0.427. The first-order chi connectivity index (χ1) is 9.30. The maximum atomic E-state index is 12.6. The standard InChI is InChI=1S/C14H9ClF3NO/c1-8-6-9(14(16,17)18)2-3-10(8)13(20)11-4-5-19-7-12(11)15/h2-7H,1H3. The van der Waals surface area contributed by atoms with Crippen molar-refractivity contribution in [3.63, 3.8) is 0 Å². The minimum absolute atomic E-state index is 0.164. The molecule has 0 radical (unpaired) electrons. The molecule has 1 aromatic heterocycles. The van der Waals surface area contributed by atoms with Crippen LogP contribution in [0.4, 0.5) is 13.2 Å². The van der Waals surface area contributed by atoms with Crippen LogP contribution >= 0.6 is 11.6 Å². The predicted octanol–water partition coefficient (Wildman–Crippen LogP) is 4.29. The molecule has 1 aromatic carbocycles. The molecule has 0 fully saturated rings. The zero-order valence-electron chi connectivity index (χ0n) is 10.3. The number of aryl methyl sites for hydroxylation is 1. The van der Waals surface area contributed by atoms with Gasteiger partial charge in [-0.2, -0.15) is 13.2 Å². The third-order valence-corrected chi connectivity index (χ3v) is 3.12. The van der Waals surface area contributed by atoms with Crippen LogP contribution in [-0.2, 0) is 6.18 Å². The molecule has 0 bridgehead atoms. The SMILES string of the molecule is Cc1cc(C(F)(F)F)ccc1C(=O)c1ccncc1Cl. The van der Waals surface area contributed by atoms with Crippen LogP contribution in [0.15, 0.2) is 36.7 Å². The second kappa shape index (κ2) is 5.25. The van der Waals surface area contributed by atoms with Gasteiger partial charge in [-0.1, -0.05) is 17.7 Å². The lowest BCUT2D eigenvalue weighted by atomic mass is 9.98. The zero-order chi connectivity index (χ0) is 14.9. The maximum Gasteiger partial charge on any atom is 0.416 e. The maximum absolute atomic E-state index is 12.6. The highest BCUT2D eigenvalue weighted by atomic mass is 35.5. The van der Waals surface area contributed by atoms with Gasteiger partial charge in [0.25, 0.3) is 0 Å². The predicted molar refractivity (Wildman–Crippen MR) is 68.9 cm³/mol. The first-order valence-corrected chi connectivity index (χ1v) is 6.00. The van der Waals surface area contributed by atoms with E-state index in [1.165, 1.54) is 25.4 Å². The van der Waals surface area contributed by atoms with Crippen LogP contribution in [-0.4, -0.2) is 10.8 Å². The molecule has 0 saturated heterocycles. The molecule has 0 saturated carbocycles. The van der Waals surface area contributed by atoms with Gasteiger partial charge in [-0.15, -0.1) is 0 Å². The first-order valence-electron chi connectivity index (χ1n) is 5.63. The number of hydrogen-bond acceptors (Lipinski definition) is 2. The fourth-order valence-corrected chi connectivity index (χ4v) is 2.00. The van der Waals surface area contributed by atoms with Crippen LogP contribution in [0.2, 0.25) is 5.02 Å². The number of nitrogens with zero attached hydrogens (tertiary/aromatic N) is 1. The molecule has 1 heterocycles. The van der Waals surface area contributed by atoms with Crippen molar-refractivity contribution >= 4 is 17.4 Å². The van der Waals surface area contributed by atoms with Crippen LogP contribution in [0.3, 0.4) is 0 Å². The third kappa shape index (κ3) is 2.82. The number of carbonyl (C=O) groups excluding carboxylic acids is 1. The van der Waals surface area contributed by atoms with Crippen molar-refractivity contribution in [1.29, 1.82) is 0 Å². The lowest BCUT2D eigenvalue weighted by Gasteiger charge is -2.11. The van der Waals surface area contributed by atoms with Crippen LogP contribution in [0.25, 0.3) is 0 Å². The molecule has 0 spiro atoms. The first kappa shape index (κ1) is 14.5. The van der Waals surface area contributed by atoms with E-state index in [4.69, 9.17) is 11.6 Å². The minimum Gasteiger partial charge on any atom is -0.289 e. The Morgan fingerprint density at radius 1 is 1.20 bits per heavy atom. The van der Waals surface area contributed by atoms with Crippen molar-refractivity contribution in [1.82, 2.24) is 4.98 Å². The molecule has 0 aliphatic heterocycles. The van der Waals surface area contributed by atoms with Gasteiger partial charge < -0.3 is 0 Å². The molecule has 20 heavy (non-hydrogen) atoms. The smallest absolute Gasteiger partial charge is 0.289 e. The van der Waals surface area contributed by atoms with E-state index in [-0.39, 0.29) is 21.7 Å². The van der Waals surface area contributed by atoms with Gasteiger partial charge in [-0.3, -0.25) is 9.78 Å². The number of alkyl halides is 3. The van der Waals surface area contributed by atoms with Crippen molar-refractivity contribution in [2.75, 3.05) is 0 Å². The Kier molecular flexibility index (Phi) is 3.81. The minimum atomic E-state index is -4.43. The van der Waals surface area contributed by atoms with E-state index in [0.717, 1.165) is 18.2 Å². The molecule has 0 atom stereocenters. The molecular weight excluding hydrogens is 291 g/mol. The molecule has 0 N–H and O–H groups in total. The number of halogens is 4. The van der Waals surface area contributed by atoms with Crippen molar-refractivity contribution in [3.05, 3.63) is 63.9 Å². The fraction of sp³-hybridized carbons (Fsp3) is 0.143. The zero-order valence-corrected chi connectivity index (χ0v) is 11.1. The number of hydrogen-bond donors (Lipinski definition) is 0. The quantitative estimate of drug-likeness (QED) is 0.774. The van der Waals surface area contributed by atoms with Gasteiger partial charge in [0.1, 0.15) is 0 Å². The summed E-state index contributed by atoms with van der Waals surface area (Å²) in [7, 11) is 0. The summed E-state index contributed by atoms with van der Waals surface area (Å²) in [6, 6.07) is 4.43. The summed E-state index contributed by atoms with van der Waals surface area (Å²) in [6.07, 6.45) is -1.71. The molecule has 2 nitrogen and oxygen atoms in total. The van der Waals surface area contributed by atoms with Crippen LogP contribution in [0.1, 0.15) is 27.0 Å². The van der Waals surface area contributed by atoms with Gasteiger partial charge in [-0.25, -0.2) is 0 Å². The van der Waals surface area contributed by atoms with Crippen molar-refractivity contribution < 1.29 is 18.0 Å². The highest BCUT2D eigenvalue weighted by molar-refractivity contribution is 6.34. The van der Waals surface area contributed by atoms with E-state index in [1.54, 1.807) is 0 Å². The number of ketones is 1. The monoisotopic (exact) mass is 299 g/mol. The van der Waals surface area contributed by atoms with E-state index < -0.39 is 17.5 Å². The largest absolute Gasteiger partial charge is 0.416 e. The summed E-state index contributed by atoms with van der Waals surface area (Å²) < 4.78 is 37.7. The lowest BCUT2D eigenvalue weighted by molar-refractivity contribution is -0.137. The Morgan fingerprint density at radius 3 is 2.45 bits per heavy atom. The van der Waals surface area contributed by atoms with Gasteiger partial charge in [0.15, 0.2) is 5.78 Å². The molecule has 104 valence electrons. The van der Waals surface area contributed by atoms with Crippen molar-refractivity contribution in [2.24, 2.45) is 0 Å². The molecule has 6 heteroatoms. The topological polar surface area (TPSA) is 30.0 Å². The Balaban J connectivity index is 2.45. The van der Waals surface area contributed by atoms with Gasteiger partial charge in [0.05, 0.1) is 10.6 Å². The van der Waals surface area contributed by atoms with Crippen molar-refractivity contribution in [3.8, 4) is 0 Å². The Labute approximate surface area is 118 Å². The Morgan fingerprint density at radius 2 is 1.90 bits per heavy atom. The average Bonchev–Trinajstić information content (AvgIpc) is 2.37. The van der Waals surface area contributed by atoms with E-state index >= 15 is 0 Å². The number of carbonyl (C=O) groups is 1. The Bertz CT molecular complexity index is 668. The summed E-state index contributed by atoms with van der Waals surface area (Å²) in [6.45, 7) is 1.46. The molecule has 2 aromatic rings. The molecule has 0 aliphatic rings. The number of benzene rings is 1. The molecule has 0 unspecified atom stereocenters. The van der Waals surface area contributed by atoms with Crippen LogP contribution in [0, 0.1) is 6.92 Å². The van der Waals surface area contributed by atoms with E-state index in [0.29, 0.717) is 0 Å². The van der Waals surface area contributed by atoms with Crippen molar-refractivity contribution in [2.45, 2.75) is 13.1 Å². The number of rotatable bonds is 2. The van der Waals surface area contributed by atoms with E-state index in [1.807, 2.05) is 0 Å². The lowest BCUT2D eigenvalue weighted by Crippen LogP contribution is -2.09. The second-order valence-electron chi connectivity index (χ2n) is 4.21. The number of aromatic nitrogens is 1. The highest BCUT2D eigenvalue weighted by Gasteiger charge is 2.31. The normalized spacial score (nSPS) is 11.4. The van der Waals surface area contributed by atoms with Gasteiger partial charge in [0.2, 0.25) is 0 Å². The summed E-state index contributed by atoms with van der Waals surface area (Å²) in [5.41, 5.74) is -0.138. The van der Waals surface area contributed by atoms with E-state index in [2.05, 4.69) is 4.98 Å². The highest BCUT2D eigenvalue weighted by Crippen LogP contribution is 2.31. The van der Waals surface area contributed by atoms with Gasteiger partial charge in [-0.05, 0) is 30.7 Å². The van der Waals surface area contributed by atoms with E-state index in [9.17, 15) is 18.0 Å². The van der Waals surface area contributed by atoms with Gasteiger partial charge in [0, 0.05) is 23.5 Å². The molecule has 0 amide bonds. The Hall–Kier alpha value is -1.88. The number of pyridine rings is 1. The summed E-state index contributed by atoms with van der Waals surface area (Å²) >= 11 is 5.86. The molecule has 0 aliphatic carbocycles. The molecule has 2 rings (SSSR count). The summed E-state index contributed by atoms with van der Waals surface area (Å²) in [5, 5.41) is 0.164. The van der Waals surface area contributed by atoms with Crippen LogP contribution in [0.5, 0.6) is 0 Å². The average molecular weight is 300 g/mol. The summed E-state index contributed by atoms with van der Waals surface area (Å²) in [4.78, 5) is 16.0. The van der Waals surface area contributed by atoms with Crippen LogP contribution < -0.4 is 0 Å². The third-order valence-electron chi connectivity index (χ3n) is 2.82. The fourth-order valence-electron chi connectivity index (χ4n) is 1.80. The molecular formula is C14H9ClF3NO. The van der Waals surface area contributed by atoms with Gasteiger partial charge >= 0.3 is 6.18 Å². The second-order valence-corrected chi connectivity index (χ2v) is 4.62.